The van der Waals surface area contributed by atoms with Crippen molar-refractivity contribution in [2.45, 2.75) is 387 Å². The number of allylic oxidation sites excluding steroid dienone is 2. The Kier molecular flexibility index (Phi) is 57.6. The molecule has 0 unspecified atom stereocenters. The normalized spacial score (nSPS) is 12.1. The molecule has 2 aromatic rings. The number of aryl methyl sites for hydroxylation is 2. The van der Waals surface area contributed by atoms with Gasteiger partial charge in [0.1, 0.15) is 0 Å². The summed E-state index contributed by atoms with van der Waals surface area (Å²) >= 11 is 0. The maximum atomic E-state index is 5.46. The monoisotopic (exact) mass is 1130 g/mol. The molecule has 79 heavy (non-hydrogen) atoms. The SMILES string of the molecule is CCCCCCCCCCCCCCCCCCCCCCCC=CCCc1ccccc1N=C(CCCC)C(CCCC)=Nc1ccc(CCCCCCCCCCCCCCCCCCCCCCCCCCC)cc1.[Ni]. The van der Waals surface area contributed by atoms with Crippen molar-refractivity contribution in [3.63, 3.8) is 0 Å². The molecule has 2 rings (SSSR count). The van der Waals surface area contributed by atoms with E-state index in [2.05, 4.69) is 88.4 Å². The Morgan fingerprint density at radius 1 is 0.291 bits per heavy atom. The summed E-state index contributed by atoms with van der Waals surface area (Å²) in [6.07, 6.45) is 82.4. The minimum Gasteiger partial charge on any atom is -0.252 e. The van der Waals surface area contributed by atoms with E-state index in [1.165, 1.54) is 344 Å². The van der Waals surface area contributed by atoms with Crippen LogP contribution in [0.4, 0.5) is 11.4 Å². The van der Waals surface area contributed by atoms with E-state index in [0.29, 0.717) is 0 Å². The molecule has 0 bridgehead atoms. The molecule has 0 aliphatic heterocycles. The van der Waals surface area contributed by atoms with Gasteiger partial charge in [0.15, 0.2) is 0 Å². The molecule has 0 saturated carbocycles. The van der Waals surface area contributed by atoms with E-state index in [9.17, 15) is 0 Å². The Morgan fingerprint density at radius 2 is 0.595 bits per heavy atom. The molecule has 0 amide bonds. The number of aliphatic imine (C=N–C) groups is 2. The first kappa shape index (κ1) is 75.0. The Balaban J connectivity index is 0.0000312. The zero-order chi connectivity index (χ0) is 55.5. The number of hydrogen-bond acceptors (Lipinski definition) is 2. The summed E-state index contributed by atoms with van der Waals surface area (Å²) < 4.78 is 0. The van der Waals surface area contributed by atoms with Gasteiger partial charge < -0.3 is 0 Å². The molecule has 0 fully saturated rings. The molecule has 0 aliphatic rings. The standard InChI is InChI=1S/C76H134N2.Ni/c1-5-9-13-15-17-19-21-23-25-27-29-31-33-35-37-39-41-43-45-47-49-51-53-55-57-61-71-67-69-73(70-68-71)77-75(64-11-7-3)76(65-12-8-4)78-74-66-60-59-63-72(74)62-58-56-54-52-50-48-46-44-42-40-38-36-34-32-30-28-26-24-22-20-18-16-14-10-6-2;/h54,56,59-60,63,66-70H,5-53,55,57-58,61-62,64-65H2,1-4H3;. The fourth-order valence-corrected chi connectivity index (χ4v) is 11.7. The number of nitrogens with zero attached hydrogens (tertiary/aromatic N) is 2. The van der Waals surface area contributed by atoms with E-state index in [1.54, 1.807) is 0 Å². The van der Waals surface area contributed by atoms with Crippen molar-refractivity contribution in [1.29, 1.82) is 0 Å². The third-order valence-corrected chi connectivity index (χ3v) is 17.1. The van der Waals surface area contributed by atoms with Gasteiger partial charge in [0.05, 0.1) is 22.8 Å². The zero-order valence-electron chi connectivity index (χ0n) is 53.6. The summed E-state index contributed by atoms with van der Waals surface area (Å²) in [6, 6.07) is 18.1. The summed E-state index contributed by atoms with van der Waals surface area (Å²) in [6.45, 7) is 9.22. The molecule has 3 heteroatoms. The molecular weight excluding hydrogens is 1000 g/mol. The van der Waals surface area contributed by atoms with Gasteiger partial charge in [-0.2, -0.15) is 0 Å². The first-order chi connectivity index (χ1) is 38.7. The van der Waals surface area contributed by atoms with Crippen molar-refractivity contribution in [1.82, 2.24) is 0 Å². The van der Waals surface area contributed by atoms with Gasteiger partial charge in [0, 0.05) is 16.5 Å². The first-order valence-electron chi connectivity index (χ1n) is 35.7. The Labute approximate surface area is 505 Å². The zero-order valence-corrected chi connectivity index (χ0v) is 54.6. The van der Waals surface area contributed by atoms with Crippen molar-refractivity contribution >= 4 is 22.8 Å². The fraction of sp³-hybridized carbons (Fsp3) is 0.789. The van der Waals surface area contributed by atoms with Crippen LogP contribution in [0.3, 0.4) is 0 Å². The third-order valence-electron chi connectivity index (χ3n) is 17.1. The van der Waals surface area contributed by atoms with Crippen LogP contribution in [0.25, 0.3) is 0 Å². The van der Waals surface area contributed by atoms with Crippen LogP contribution < -0.4 is 0 Å². The average Bonchev–Trinajstić information content (AvgIpc) is 3.46. The quantitative estimate of drug-likeness (QED) is 0.0273. The predicted octanol–water partition coefficient (Wildman–Crippen LogP) is 27.3. The van der Waals surface area contributed by atoms with Crippen LogP contribution in [-0.2, 0) is 29.3 Å². The fourth-order valence-electron chi connectivity index (χ4n) is 11.7. The van der Waals surface area contributed by atoms with E-state index in [-0.39, 0.29) is 16.5 Å². The molecule has 0 saturated heterocycles. The Bertz CT molecular complexity index is 1620. The molecule has 2 aromatic carbocycles. The second kappa shape index (κ2) is 60.6. The molecule has 0 N–H and O–H groups in total. The van der Waals surface area contributed by atoms with Crippen LogP contribution in [0, 0.1) is 0 Å². The van der Waals surface area contributed by atoms with E-state index < -0.39 is 0 Å². The molecule has 0 atom stereocenters. The van der Waals surface area contributed by atoms with Crippen molar-refractivity contribution < 1.29 is 16.5 Å². The van der Waals surface area contributed by atoms with Gasteiger partial charge in [0.25, 0.3) is 0 Å². The van der Waals surface area contributed by atoms with Crippen LogP contribution in [0.2, 0.25) is 0 Å². The van der Waals surface area contributed by atoms with E-state index in [4.69, 9.17) is 9.98 Å². The minimum absolute atomic E-state index is 0. The van der Waals surface area contributed by atoms with Crippen LogP contribution in [0.15, 0.2) is 70.7 Å². The molecule has 2 nitrogen and oxygen atoms in total. The summed E-state index contributed by atoms with van der Waals surface area (Å²) in [5.74, 6) is 0. The van der Waals surface area contributed by atoms with Crippen LogP contribution in [0.1, 0.15) is 386 Å². The van der Waals surface area contributed by atoms with Crippen LogP contribution in [-0.4, -0.2) is 11.4 Å². The van der Waals surface area contributed by atoms with Gasteiger partial charge in [0.2, 0.25) is 0 Å². The molecule has 0 aromatic heterocycles. The van der Waals surface area contributed by atoms with Crippen LogP contribution >= 0.6 is 0 Å². The molecule has 0 spiro atoms. The maximum Gasteiger partial charge on any atom is 0.0665 e. The largest absolute Gasteiger partial charge is 0.252 e. The number of benzene rings is 2. The Hall–Kier alpha value is -1.99. The number of para-hydroxylation sites is 1. The predicted molar refractivity (Wildman–Crippen MR) is 356 cm³/mol. The number of unbranched alkanes of at least 4 members (excludes halogenated alkanes) is 47. The molecule has 0 heterocycles. The van der Waals surface area contributed by atoms with Gasteiger partial charge in [-0.25, -0.2) is 0 Å². The minimum atomic E-state index is 0. The average molecular weight is 1130 g/mol. The molecule has 0 aliphatic carbocycles. The first-order valence-corrected chi connectivity index (χ1v) is 35.7. The molecular formula is C76H134N2Ni. The molecule has 0 radical (unpaired) electrons. The van der Waals surface area contributed by atoms with E-state index in [1.807, 2.05) is 0 Å². The van der Waals surface area contributed by atoms with Crippen molar-refractivity contribution in [3.8, 4) is 0 Å². The third kappa shape index (κ3) is 48.1. The van der Waals surface area contributed by atoms with Crippen molar-refractivity contribution in [3.05, 3.63) is 71.8 Å². The maximum absolute atomic E-state index is 5.46. The van der Waals surface area contributed by atoms with Gasteiger partial charge >= 0.3 is 0 Å². The summed E-state index contributed by atoms with van der Waals surface area (Å²) in [5, 5.41) is 0. The van der Waals surface area contributed by atoms with Crippen molar-refractivity contribution in [2.75, 3.05) is 0 Å². The van der Waals surface area contributed by atoms with E-state index in [0.717, 1.165) is 49.9 Å². The molecule has 458 valence electrons. The van der Waals surface area contributed by atoms with E-state index >= 15 is 0 Å². The summed E-state index contributed by atoms with van der Waals surface area (Å²) in [5.41, 5.74) is 7.43. The Morgan fingerprint density at radius 3 is 0.962 bits per heavy atom. The topological polar surface area (TPSA) is 24.7 Å². The van der Waals surface area contributed by atoms with Gasteiger partial charge in [-0.1, -0.05) is 366 Å². The smallest absolute Gasteiger partial charge is 0.0665 e. The summed E-state index contributed by atoms with van der Waals surface area (Å²) in [4.78, 5) is 10.8. The number of rotatable bonds is 60. The second-order valence-electron chi connectivity index (χ2n) is 24.7. The van der Waals surface area contributed by atoms with Crippen molar-refractivity contribution in [2.24, 2.45) is 9.98 Å². The van der Waals surface area contributed by atoms with Crippen LogP contribution in [0.5, 0.6) is 0 Å². The second-order valence-corrected chi connectivity index (χ2v) is 24.7. The van der Waals surface area contributed by atoms with Gasteiger partial charge in [-0.3, -0.25) is 9.98 Å². The van der Waals surface area contributed by atoms with Gasteiger partial charge in [-0.15, -0.1) is 0 Å². The number of hydrogen-bond donors (Lipinski definition) is 0. The van der Waals surface area contributed by atoms with Gasteiger partial charge in [-0.05, 0) is 93.5 Å². The summed E-state index contributed by atoms with van der Waals surface area (Å²) in [7, 11) is 0.